The second-order valence-corrected chi connectivity index (χ2v) is 10.6. The number of hydrogen-bond acceptors (Lipinski definition) is 2. The van der Waals surface area contributed by atoms with E-state index >= 15 is 0 Å². The van der Waals surface area contributed by atoms with Crippen LogP contribution in [0.4, 0.5) is 0 Å². The largest absolute Gasteiger partial charge is 0.337 e. The minimum atomic E-state index is 1.16. The predicted molar refractivity (Wildman–Crippen MR) is 137 cm³/mol. The highest BCUT2D eigenvalue weighted by atomic mass is 32.1. The van der Waals surface area contributed by atoms with Crippen LogP contribution in [0.2, 0.25) is 0 Å². The van der Waals surface area contributed by atoms with Crippen LogP contribution in [0.15, 0.2) is 22.9 Å². The van der Waals surface area contributed by atoms with Gasteiger partial charge in [-0.1, -0.05) is 78.1 Å². The Bertz CT molecular complexity index is 961. The van der Waals surface area contributed by atoms with Gasteiger partial charge < -0.3 is 9.13 Å². The number of nitrogens with zero attached hydrogens (tertiary/aromatic N) is 2. The molecule has 0 amide bonds. The summed E-state index contributed by atoms with van der Waals surface area (Å²) in [5, 5.41) is 4.58. The van der Waals surface area contributed by atoms with Gasteiger partial charge >= 0.3 is 0 Å². The molecule has 0 aromatic carbocycles. The Labute approximate surface area is 189 Å². The minimum absolute atomic E-state index is 1.16. The first-order valence-corrected chi connectivity index (χ1v) is 14.1. The van der Waals surface area contributed by atoms with Gasteiger partial charge in [0.05, 0.1) is 31.5 Å². The number of fused-ring (bicyclic) bond motifs is 5. The molecular formula is C26H38N2S2. The summed E-state index contributed by atoms with van der Waals surface area (Å²) in [4.78, 5) is 0. The average molecular weight is 443 g/mol. The maximum Gasteiger partial charge on any atom is 0.0864 e. The molecule has 0 unspecified atom stereocenters. The number of unbranched alkanes of at least 4 members (excludes halogenated alkanes) is 10. The molecule has 0 atom stereocenters. The van der Waals surface area contributed by atoms with Crippen molar-refractivity contribution in [1.82, 2.24) is 9.13 Å². The number of hydrogen-bond donors (Lipinski definition) is 0. The van der Waals surface area contributed by atoms with Gasteiger partial charge in [0, 0.05) is 13.1 Å². The van der Waals surface area contributed by atoms with Gasteiger partial charge in [0.15, 0.2) is 0 Å². The highest BCUT2D eigenvalue weighted by Gasteiger charge is 2.21. The summed E-state index contributed by atoms with van der Waals surface area (Å²) in [6.07, 6.45) is 16.3. The van der Waals surface area contributed by atoms with Gasteiger partial charge in [0.1, 0.15) is 0 Å². The molecule has 30 heavy (non-hydrogen) atoms. The predicted octanol–water partition coefficient (Wildman–Crippen LogP) is 9.59. The van der Waals surface area contributed by atoms with Crippen molar-refractivity contribution >= 4 is 54.1 Å². The Kier molecular flexibility index (Phi) is 7.95. The molecule has 0 radical (unpaired) electrons. The Hall–Kier alpha value is -1.26. The Morgan fingerprint density at radius 2 is 0.967 bits per heavy atom. The molecule has 4 aromatic heterocycles. The molecular weight excluding hydrogens is 404 g/mol. The molecule has 0 fully saturated rings. The molecule has 4 aromatic rings. The Balaban J connectivity index is 1.56. The summed E-state index contributed by atoms with van der Waals surface area (Å²) in [5.74, 6) is 0. The fourth-order valence-electron chi connectivity index (χ4n) is 4.91. The SMILES string of the molecule is CCCCCCCCn1c2ccsc2c2c1c1sccc1n2CCCCCCCC. The van der Waals surface area contributed by atoms with Crippen molar-refractivity contribution in [2.45, 2.75) is 104 Å². The van der Waals surface area contributed by atoms with E-state index in [0.717, 1.165) is 13.1 Å². The lowest BCUT2D eigenvalue weighted by Crippen LogP contribution is -1.97. The van der Waals surface area contributed by atoms with Crippen molar-refractivity contribution in [3.05, 3.63) is 22.9 Å². The first-order chi connectivity index (χ1) is 14.9. The lowest BCUT2D eigenvalue weighted by Gasteiger charge is -2.06. The van der Waals surface area contributed by atoms with Gasteiger partial charge in [-0.25, -0.2) is 0 Å². The molecule has 4 heteroatoms. The van der Waals surface area contributed by atoms with Crippen LogP contribution in [0.1, 0.15) is 90.9 Å². The molecule has 0 aliphatic carbocycles. The van der Waals surface area contributed by atoms with E-state index < -0.39 is 0 Å². The van der Waals surface area contributed by atoms with Crippen LogP contribution in [0.25, 0.3) is 31.5 Å². The molecule has 0 aliphatic rings. The topological polar surface area (TPSA) is 9.86 Å². The Morgan fingerprint density at radius 3 is 1.40 bits per heavy atom. The summed E-state index contributed by atoms with van der Waals surface area (Å²) in [6.45, 7) is 6.92. The monoisotopic (exact) mass is 442 g/mol. The summed E-state index contributed by atoms with van der Waals surface area (Å²) in [5.41, 5.74) is 5.96. The van der Waals surface area contributed by atoms with Gasteiger partial charge in [-0.15, -0.1) is 22.7 Å². The van der Waals surface area contributed by atoms with Crippen LogP contribution in [-0.2, 0) is 13.1 Å². The lowest BCUT2D eigenvalue weighted by molar-refractivity contribution is 0.569. The van der Waals surface area contributed by atoms with E-state index in [9.17, 15) is 0 Å². The zero-order chi connectivity index (χ0) is 20.8. The third kappa shape index (κ3) is 4.50. The minimum Gasteiger partial charge on any atom is -0.337 e. The van der Waals surface area contributed by atoms with Crippen molar-refractivity contribution in [3.63, 3.8) is 0 Å². The molecule has 0 saturated carbocycles. The summed E-state index contributed by atoms with van der Waals surface area (Å²) in [7, 11) is 0. The lowest BCUT2D eigenvalue weighted by atomic mass is 10.1. The third-order valence-electron chi connectivity index (χ3n) is 6.54. The number of rotatable bonds is 14. The van der Waals surface area contributed by atoms with Crippen molar-refractivity contribution in [3.8, 4) is 0 Å². The highest BCUT2D eigenvalue weighted by Crippen LogP contribution is 2.41. The Morgan fingerprint density at radius 1 is 0.567 bits per heavy atom. The zero-order valence-corrected chi connectivity index (χ0v) is 20.6. The van der Waals surface area contributed by atoms with Crippen LogP contribution >= 0.6 is 22.7 Å². The molecule has 0 aliphatic heterocycles. The van der Waals surface area contributed by atoms with E-state index in [1.54, 1.807) is 0 Å². The van der Waals surface area contributed by atoms with E-state index in [0.29, 0.717) is 0 Å². The maximum absolute atomic E-state index is 2.65. The van der Waals surface area contributed by atoms with Crippen molar-refractivity contribution in [2.24, 2.45) is 0 Å². The molecule has 4 heterocycles. The number of aryl methyl sites for hydroxylation is 2. The van der Waals surface area contributed by atoms with E-state index in [1.165, 1.54) is 109 Å². The molecule has 4 rings (SSSR count). The number of thiophene rings is 2. The van der Waals surface area contributed by atoms with E-state index in [4.69, 9.17) is 0 Å². The number of aromatic nitrogens is 2. The van der Waals surface area contributed by atoms with Crippen molar-refractivity contribution in [2.75, 3.05) is 0 Å². The fourth-order valence-corrected chi connectivity index (χ4v) is 6.81. The normalized spacial score (nSPS) is 12.2. The van der Waals surface area contributed by atoms with Crippen LogP contribution in [-0.4, -0.2) is 9.13 Å². The van der Waals surface area contributed by atoms with Crippen LogP contribution in [0.5, 0.6) is 0 Å². The van der Waals surface area contributed by atoms with Gasteiger partial charge in [-0.05, 0) is 35.7 Å². The highest BCUT2D eigenvalue weighted by molar-refractivity contribution is 7.19. The van der Waals surface area contributed by atoms with Crippen molar-refractivity contribution < 1.29 is 0 Å². The van der Waals surface area contributed by atoms with Crippen LogP contribution < -0.4 is 0 Å². The standard InChI is InChI=1S/C26H38N2S2/c1-3-5-7-9-11-13-17-27-21-15-19-29-25(21)24-23(27)26-22(16-20-30-26)28(24)18-14-12-10-8-6-4-2/h15-16,19-20H,3-14,17-18H2,1-2H3. The van der Waals surface area contributed by atoms with Crippen molar-refractivity contribution in [1.29, 1.82) is 0 Å². The molecule has 0 bridgehead atoms. The second kappa shape index (κ2) is 10.9. The van der Waals surface area contributed by atoms with Gasteiger partial charge in [-0.2, -0.15) is 0 Å². The molecule has 0 spiro atoms. The van der Waals surface area contributed by atoms with E-state index in [-0.39, 0.29) is 0 Å². The summed E-state index contributed by atoms with van der Waals surface area (Å²) >= 11 is 3.87. The first-order valence-electron chi connectivity index (χ1n) is 12.3. The van der Waals surface area contributed by atoms with Gasteiger partial charge in [0.2, 0.25) is 0 Å². The molecule has 2 nitrogen and oxygen atoms in total. The smallest absolute Gasteiger partial charge is 0.0864 e. The third-order valence-corrected chi connectivity index (χ3v) is 8.36. The first kappa shape index (κ1) is 22.0. The fraction of sp³-hybridized carbons (Fsp3) is 0.615. The van der Waals surface area contributed by atoms with Crippen LogP contribution in [0, 0.1) is 0 Å². The average Bonchev–Trinajstić information content (AvgIpc) is 3.49. The quantitative estimate of drug-likeness (QED) is 0.172. The second-order valence-electron chi connectivity index (χ2n) is 8.81. The van der Waals surface area contributed by atoms with E-state index in [2.05, 4.69) is 45.9 Å². The molecule has 0 saturated heterocycles. The van der Waals surface area contributed by atoms with Gasteiger partial charge in [0.25, 0.3) is 0 Å². The molecule has 164 valence electrons. The van der Waals surface area contributed by atoms with Gasteiger partial charge in [-0.3, -0.25) is 0 Å². The molecule has 0 N–H and O–H groups in total. The van der Waals surface area contributed by atoms with Crippen LogP contribution in [0.3, 0.4) is 0 Å². The summed E-state index contributed by atoms with van der Waals surface area (Å²) in [6, 6.07) is 4.71. The summed E-state index contributed by atoms with van der Waals surface area (Å²) < 4.78 is 8.31. The zero-order valence-electron chi connectivity index (χ0n) is 18.9. The maximum atomic E-state index is 2.65. The van der Waals surface area contributed by atoms with E-state index in [1.807, 2.05) is 22.7 Å².